The van der Waals surface area contributed by atoms with Gasteiger partial charge in [-0.05, 0) is 31.6 Å². The number of carbonyl (C=O) groups excluding carboxylic acids is 1. The molecule has 0 radical (unpaired) electrons. The van der Waals surface area contributed by atoms with E-state index in [1.807, 2.05) is 18.7 Å². The van der Waals surface area contributed by atoms with Crippen molar-refractivity contribution in [3.8, 4) is 0 Å². The highest BCUT2D eigenvalue weighted by Gasteiger charge is 2.35. The van der Waals surface area contributed by atoms with E-state index in [9.17, 15) is 4.79 Å². The number of nitrogens with two attached hydrogens (primary N) is 1. The minimum absolute atomic E-state index is 0.0247. The number of nitrogens with zero attached hydrogens (tertiary/aromatic N) is 3. The number of anilines is 1. The summed E-state index contributed by atoms with van der Waals surface area (Å²) >= 11 is 0. The Morgan fingerprint density at radius 1 is 1.45 bits per heavy atom. The van der Waals surface area contributed by atoms with Gasteiger partial charge in [0.05, 0.1) is 11.4 Å². The number of nitrogen functional groups attached to an aromatic ring is 1. The van der Waals surface area contributed by atoms with Gasteiger partial charge in [-0.2, -0.15) is 5.10 Å². The van der Waals surface area contributed by atoms with Gasteiger partial charge in [0, 0.05) is 19.6 Å². The molecular weight excluding hydrogens is 252 g/mol. The third-order valence-corrected chi connectivity index (χ3v) is 4.38. The molecule has 1 aliphatic rings. The van der Waals surface area contributed by atoms with E-state index in [0.717, 1.165) is 25.2 Å². The predicted molar refractivity (Wildman–Crippen MR) is 80.5 cm³/mol. The zero-order valence-corrected chi connectivity index (χ0v) is 13.2. The summed E-state index contributed by atoms with van der Waals surface area (Å²) in [4.78, 5) is 14.6. The van der Waals surface area contributed by atoms with Gasteiger partial charge in [0.25, 0.3) is 5.91 Å². The molecule has 112 valence electrons. The Balaban J connectivity index is 2.22. The molecule has 1 atom stereocenters. The first-order valence-corrected chi connectivity index (χ1v) is 7.37. The summed E-state index contributed by atoms with van der Waals surface area (Å²) in [6.45, 7) is 12.8. The molecule has 1 aromatic rings. The molecule has 0 aromatic carbocycles. The van der Waals surface area contributed by atoms with Crippen LogP contribution in [0.15, 0.2) is 0 Å². The highest BCUT2D eigenvalue weighted by atomic mass is 16.2. The highest BCUT2D eigenvalue weighted by Crippen LogP contribution is 2.34. The first kappa shape index (κ1) is 14.9. The van der Waals surface area contributed by atoms with Crippen LogP contribution in [0, 0.1) is 18.3 Å². The van der Waals surface area contributed by atoms with Gasteiger partial charge in [-0.1, -0.05) is 20.8 Å². The summed E-state index contributed by atoms with van der Waals surface area (Å²) < 4.78 is 1.72. The number of rotatable bonds is 2. The maximum Gasteiger partial charge on any atom is 0.274 e. The molecule has 0 aliphatic carbocycles. The Kier molecular flexibility index (Phi) is 3.80. The number of amides is 1. The summed E-state index contributed by atoms with van der Waals surface area (Å²) in [5.41, 5.74) is 8.09. The van der Waals surface area contributed by atoms with Crippen molar-refractivity contribution in [2.75, 3.05) is 18.8 Å². The molecule has 1 aromatic heterocycles. The fourth-order valence-electron chi connectivity index (χ4n) is 2.85. The standard InChI is InChI=1S/C15H26N4O/c1-6-19-13(12(16)10(2)17-19)14(20)18-8-7-11(9-18)15(3,4)5/h11H,6-9,16H2,1-5H3. The van der Waals surface area contributed by atoms with Gasteiger partial charge < -0.3 is 10.6 Å². The summed E-state index contributed by atoms with van der Waals surface area (Å²) in [5, 5.41) is 4.33. The van der Waals surface area contributed by atoms with E-state index in [1.165, 1.54) is 0 Å². The normalized spacial score (nSPS) is 19.6. The van der Waals surface area contributed by atoms with Crippen LogP contribution in [0.3, 0.4) is 0 Å². The summed E-state index contributed by atoms with van der Waals surface area (Å²) in [6.07, 6.45) is 1.06. The maximum absolute atomic E-state index is 12.7. The number of hydrogen-bond donors (Lipinski definition) is 1. The number of hydrogen-bond acceptors (Lipinski definition) is 3. The molecule has 5 nitrogen and oxygen atoms in total. The van der Waals surface area contributed by atoms with E-state index in [4.69, 9.17) is 5.73 Å². The molecule has 1 unspecified atom stereocenters. The molecule has 0 bridgehead atoms. The first-order valence-electron chi connectivity index (χ1n) is 7.37. The lowest BCUT2D eigenvalue weighted by molar-refractivity contribution is 0.0765. The third kappa shape index (κ3) is 2.53. The Bertz CT molecular complexity index is 513. The van der Waals surface area contributed by atoms with Crippen LogP contribution < -0.4 is 5.73 Å². The molecular formula is C15H26N4O. The Morgan fingerprint density at radius 3 is 2.60 bits per heavy atom. The molecule has 1 saturated heterocycles. The molecule has 2 heterocycles. The van der Waals surface area contributed by atoms with Crippen molar-refractivity contribution in [1.82, 2.24) is 14.7 Å². The molecule has 1 amide bonds. The largest absolute Gasteiger partial charge is 0.395 e. The van der Waals surface area contributed by atoms with E-state index in [-0.39, 0.29) is 11.3 Å². The van der Waals surface area contributed by atoms with Crippen molar-refractivity contribution >= 4 is 11.6 Å². The lowest BCUT2D eigenvalue weighted by Gasteiger charge is -2.27. The quantitative estimate of drug-likeness (QED) is 0.902. The lowest BCUT2D eigenvalue weighted by atomic mass is 9.80. The smallest absolute Gasteiger partial charge is 0.274 e. The van der Waals surface area contributed by atoms with Crippen molar-refractivity contribution in [3.63, 3.8) is 0 Å². The zero-order valence-electron chi connectivity index (χ0n) is 13.2. The van der Waals surface area contributed by atoms with Crippen LogP contribution in [0.5, 0.6) is 0 Å². The fraction of sp³-hybridized carbons (Fsp3) is 0.733. The second-order valence-corrected chi connectivity index (χ2v) is 6.77. The van der Waals surface area contributed by atoms with E-state index in [1.54, 1.807) is 4.68 Å². The van der Waals surface area contributed by atoms with Crippen LogP contribution >= 0.6 is 0 Å². The van der Waals surface area contributed by atoms with E-state index < -0.39 is 0 Å². The van der Waals surface area contributed by atoms with Crippen LogP contribution in [0.4, 0.5) is 5.69 Å². The van der Waals surface area contributed by atoms with Gasteiger partial charge in [-0.3, -0.25) is 9.48 Å². The van der Waals surface area contributed by atoms with E-state index in [2.05, 4.69) is 25.9 Å². The molecule has 0 spiro atoms. The van der Waals surface area contributed by atoms with Crippen LogP contribution in [-0.2, 0) is 6.54 Å². The number of aromatic nitrogens is 2. The Labute approximate surface area is 121 Å². The van der Waals surface area contributed by atoms with Gasteiger partial charge in [-0.15, -0.1) is 0 Å². The van der Waals surface area contributed by atoms with E-state index >= 15 is 0 Å². The second kappa shape index (κ2) is 5.11. The van der Waals surface area contributed by atoms with Crippen molar-refractivity contribution in [2.45, 2.75) is 47.6 Å². The second-order valence-electron chi connectivity index (χ2n) is 6.77. The van der Waals surface area contributed by atoms with Gasteiger partial charge >= 0.3 is 0 Å². The molecule has 2 rings (SSSR count). The Hall–Kier alpha value is -1.52. The SMILES string of the molecule is CCn1nc(C)c(N)c1C(=O)N1CCC(C(C)(C)C)C1. The monoisotopic (exact) mass is 278 g/mol. The summed E-state index contributed by atoms with van der Waals surface area (Å²) in [6, 6.07) is 0. The van der Waals surface area contributed by atoms with Crippen molar-refractivity contribution in [2.24, 2.45) is 11.3 Å². The predicted octanol–water partition coefficient (Wildman–Crippen LogP) is 2.30. The van der Waals surface area contributed by atoms with Gasteiger partial charge in [0.15, 0.2) is 0 Å². The average molecular weight is 278 g/mol. The minimum Gasteiger partial charge on any atom is -0.395 e. The minimum atomic E-state index is 0.0247. The van der Waals surface area contributed by atoms with Gasteiger partial charge in [0.2, 0.25) is 0 Å². The Morgan fingerprint density at radius 2 is 2.10 bits per heavy atom. The molecule has 5 heteroatoms. The average Bonchev–Trinajstić information content (AvgIpc) is 2.95. The van der Waals surface area contributed by atoms with E-state index in [0.29, 0.717) is 23.8 Å². The topological polar surface area (TPSA) is 64.2 Å². The van der Waals surface area contributed by atoms with Crippen molar-refractivity contribution < 1.29 is 4.79 Å². The zero-order chi connectivity index (χ0) is 15.1. The van der Waals surface area contributed by atoms with Crippen LogP contribution in [-0.4, -0.2) is 33.7 Å². The number of likely N-dealkylation sites (tertiary alicyclic amines) is 1. The van der Waals surface area contributed by atoms with Crippen LogP contribution in [0.2, 0.25) is 0 Å². The molecule has 1 fully saturated rings. The molecule has 1 aliphatic heterocycles. The summed E-state index contributed by atoms with van der Waals surface area (Å²) in [5.74, 6) is 0.573. The molecule has 20 heavy (non-hydrogen) atoms. The first-order chi connectivity index (χ1) is 9.25. The van der Waals surface area contributed by atoms with Crippen molar-refractivity contribution in [3.05, 3.63) is 11.4 Å². The van der Waals surface area contributed by atoms with Gasteiger partial charge in [-0.25, -0.2) is 0 Å². The fourth-order valence-corrected chi connectivity index (χ4v) is 2.85. The van der Waals surface area contributed by atoms with Crippen LogP contribution in [0.25, 0.3) is 0 Å². The molecule has 2 N–H and O–H groups in total. The lowest BCUT2D eigenvalue weighted by Crippen LogP contribution is -2.33. The van der Waals surface area contributed by atoms with Crippen LogP contribution in [0.1, 0.15) is 50.3 Å². The number of aryl methyl sites for hydroxylation is 2. The summed E-state index contributed by atoms with van der Waals surface area (Å²) in [7, 11) is 0. The highest BCUT2D eigenvalue weighted by molar-refractivity contribution is 5.98. The number of carbonyl (C=O) groups is 1. The third-order valence-electron chi connectivity index (χ3n) is 4.38. The maximum atomic E-state index is 12.7. The van der Waals surface area contributed by atoms with Crippen molar-refractivity contribution in [1.29, 1.82) is 0 Å². The van der Waals surface area contributed by atoms with Gasteiger partial charge in [0.1, 0.15) is 5.69 Å². The molecule has 0 saturated carbocycles.